The molecule has 0 fully saturated rings. The van der Waals surface area contributed by atoms with Crippen molar-refractivity contribution in [3.8, 4) is 11.5 Å². The van der Waals surface area contributed by atoms with Gasteiger partial charge >= 0.3 is 0 Å². The molecule has 3 aromatic rings. The summed E-state index contributed by atoms with van der Waals surface area (Å²) in [4.78, 5) is 4.37. The maximum atomic E-state index is 5.40. The number of rotatable bonds is 2. The van der Waals surface area contributed by atoms with E-state index in [4.69, 9.17) is 9.47 Å². The topological polar surface area (TPSA) is 31.4 Å². The summed E-state index contributed by atoms with van der Waals surface area (Å²) in [7, 11) is 0. The van der Waals surface area contributed by atoms with Gasteiger partial charge in [-0.05, 0) is 35.4 Å². The molecule has 3 nitrogen and oxygen atoms in total. The first-order valence-corrected chi connectivity index (χ1v) is 6.82. The zero-order chi connectivity index (χ0) is 14.1. The van der Waals surface area contributed by atoms with Crippen LogP contribution in [-0.4, -0.2) is 11.8 Å². The number of benzene rings is 2. The van der Waals surface area contributed by atoms with E-state index in [1.807, 2.05) is 48.7 Å². The van der Waals surface area contributed by atoms with Gasteiger partial charge in [0.15, 0.2) is 11.5 Å². The standard InChI is InChI=1S/C18H13NO2.ClH/c1-2-4-16-15(3-1)14(9-10-19-16)7-5-13-6-8-17-18(11-13)21-12-20-17;/h1-11H,12H2;1H/b7-5+;. The summed E-state index contributed by atoms with van der Waals surface area (Å²) in [5.41, 5.74) is 3.24. The van der Waals surface area contributed by atoms with E-state index in [1.165, 1.54) is 0 Å². The lowest BCUT2D eigenvalue weighted by Crippen LogP contribution is -1.92. The Morgan fingerprint density at radius 1 is 0.909 bits per heavy atom. The molecule has 0 aliphatic carbocycles. The minimum absolute atomic E-state index is 0. The van der Waals surface area contributed by atoms with E-state index in [0.29, 0.717) is 6.79 Å². The van der Waals surface area contributed by atoms with Crippen LogP contribution in [0.25, 0.3) is 23.1 Å². The van der Waals surface area contributed by atoms with Crippen LogP contribution in [0.2, 0.25) is 0 Å². The summed E-state index contributed by atoms with van der Waals surface area (Å²) in [6.45, 7) is 0.303. The highest BCUT2D eigenvalue weighted by atomic mass is 35.5. The average Bonchev–Trinajstić information content (AvgIpc) is 3.00. The highest BCUT2D eigenvalue weighted by Gasteiger charge is 2.12. The molecule has 0 radical (unpaired) electrons. The Bertz CT molecular complexity index is 840. The van der Waals surface area contributed by atoms with E-state index < -0.39 is 0 Å². The maximum Gasteiger partial charge on any atom is 0.231 e. The zero-order valence-electron chi connectivity index (χ0n) is 11.7. The van der Waals surface area contributed by atoms with E-state index >= 15 is 0 Å². The van der Waals surface area contributed by atoms with Gasteiger partial charge in [0, 0.05) is 11.6 Å². The number of fused-ring (bicyclic) bond motifs is 2. The quantitative estimate of drug-likeness (QED) is 0.695. The molecule has 1 aromatic heterocycles. The van der Waals surface area contributed by atoms with Crippen molar-refractivity contribution in [3.63, 3.8) is 0 Å². The second-order valence-electron chi connectivity index (χ2n) is 4.86. The lowest BCUT2D eigenvalue weighted by atomic mass is 10.1. The third kappa shape index (κ3) is 2.63. The summed E-state index contributed by atoms with van der Waals surface area (Å²) in [5, 5.41) is 1.15. The average molecular weight is 312 g/mol. The van der Waals surface area contributed by atoms with Gasteiger partial charge in [-0.3, -0.25) is 4.98 Å². The first kappa shape index (κ1) is 14.4. The van der Waals surface area contributed by atoms with Crippen molar-refractivity contribution in [2.45, 2.75) is 0 Å². The molecule has 4 heteroatoms. The van der Waals surface area contributed by atoms with E-state index in [0.717, 1.165) is 33.5 Å². The number of para-hydroxylation sites is 1. The molecule has 0 spiro atoms. The van der Waals surface area contributed by atoms with Gasteiger partial charge in [-0.2, -0.15) is 0 Å². The Kier molecular flexibility index (Phi) is 3.98. The fourth-order valence-corrected chi connectivity index (χ4v) is 2.47. The highest BCUT2D eigenvalue weighted by Crippen LogP contribution is 2.33. The summed E-state index contributed by atoms with van der Waals surface area (Å²) in [5.74, 6) is 1.61. The Labute approximate surface area is 134 Å². The van der Waals surface area contributed by atoms with Gasteiger partial charge in [-0.15, -0.1) is 12.4 Å². The monoisotopic (exact) mass is 311 g/mol. The van der Waals surface area contributed by atoms with Gasteiger partial charge in [0.05, 0.1) is 5.52 Å². The molecule has 0 saturated heterocycles. The minimum Gasteiger partial charge on any atom is -0.454 e. The molecule has 0 amide bonds. The van der Waals surface area contributed by atoms with Crippen molar-refractivity contribution >= 4 is 35.5 Å². The second-order valence-corrected chi connectivity index (χ2v) is 4.86. The van der Waals surface area contributed by atoms with Crippen LogP contribution < -0.4 is 9.47 Å². The van der Waals surface area contributed by atoms with Crippen LogP contribution in [0.3, 0.4) is 0 Å². The molecule has 0 unspecified atom stereocenters. The third-order valence-corrected chi connectivity index (χ3v) is 3.53. The molecular formula is C18H14ClNO2. The fraction of sp³-hybridized carbons (Fsp3) is 0.0556. The Hall–Kier alpha value is -2.52. The van der Waals surface area contributed by atoms with Crippen LogP contribution in [-0.2, 0) is 0 Å². The number of aromatic nitrogens is 1. The molecule has 0 bridgehead atoms. The third-order valence-electron chi connectivity index (χ3n) is 3.53. The van der Waals surface area contributed by atoms with Gasteiger partial charge in [-0.1, -0.05) is 36.4 Å². The first-order valence-electron chi connectivity index (χ1n) is 6.82. The molecule has 0 saturated carbocycles. The normalized spacial score (nSPS) is 12.5. The Balaban J connectivity index is 0.00000144. The van der Waals surface area contributed by atoms with Gasteiger partial charge in [0.1, 0.15) is 0 Å². The number of nitrogens with zero attached hydrogens (tertiary/aromatic N) is 1. The summed E-state index contributed by atoms with van der Waals surface area (Å²) in [6, 6.07) is 16.1. The molecular weight excluding hydrogens is 298 g/mol. The van der Waals surface area contributed by atoms with Crippen molar-refractivity contribution in [1.29, 1.82) is 0 Å². The number of hydrogen-bond acceptors (Lipinski definition) is 3. The predicted molar refractivity (Wildman–Crippen MR) is 90.5 cm³/mol. The first-order chi connectivity index (χ1) is 10.4. The number of pyridine rings is 1. The fourth-order valence-electron chi connectivity index (χ4n) is 2.47. The second kappa shape index (κ2) is 6.08. The van der Waals surface area contributed by atoms with Crippen molar-refractivity contribution in [1.82, 2.24) is 4.98 Å². The molecule has 4 rings (SSSR count). The van der Waals surface area contributed by atoms with Crippen LogP contribution in [0.1, 0.15) is 11.1 Å². The van der Waals surface area contributed by atoms with E-state index in [9.17, 15) is 0 Å². The molecule has 0 atom stereocenters. The molecule has 110 valence electrons. The molecule has 1 aliphatic rings. The molecule has 22 heavy (non-hydrogen) atoms. The van der Waals surface area contributed by atoms with E-state index in [2.05, 4.69) is 23.2 Å². The van der Waals surface area contributed by atoms with Crippen LogP contribution in [0.15, 0.2) is 54.7 Å². The maximum absolute atomic E-state index is 5.40. The molecule has 2 heterocycles. The van der Waals surface area contributed by atoms with Crippen molar-refractivity contribution in [2.75, 3.05) is 6.79 Å². The zero-order valence-corrected chi connectivity index (χ0v) is 12.5. The lowest BCUT2D eigenvalue weighted by Gasteiger charge is -2.01. The smallest absolute Gasteiger partial charge is 0.231 e. The minimum atomic E-state index is 0. The van der Waals surface area contributed by atoms with Crippen LogP contribution in [0, 0.1) is 0 Å². The predicted octanol–water partition coefficient (Wildman–Crippen LogP) is 4.56. The van der Waals surface area contributed by atoms with Crippen molar-refractivity contribution in [2.24, 2.45) is 0 Å². The van der Waals surface area contributed by atoms with Crippen LogP contribution in [0.4, 0.5) is 0 Å². The highest BCUT2D eigenvalue weighted by molar-refractivity contribution is 5.90. The van der Waals surface area contributed by atoms with Crippen LogP contribution >= 0.6 is 12.4 Å². The number of hydrogen-bond donors (Lipinski definition) is 0. The van der Waals surface area contributed by atoms with Gasteiger partial charge in [0.2, 0.25) is 6.79 Å². The summed E-state index contributed by atoms with van der Waals surface area (Å²) >= 11 is 0. The van der Waals surface area contributed by atoms with Gasteiger partial charge in [-0.25, -0.2) is 0 Å². The SMILES string of the molecule is C(=C\c1ccnc2ccccc12)/c1ccc2c(c1)OCO2.Cl. The molecule has 0 N–H and O–H groups in total. The van der Waals surface area contributed by atoms with Gasteiger partial charge < -0.3 is 9.47 Å². The van der Waals surface area contributed by atoms with Crippen LogP contribution in [0.5, 0.6) is 11.5 Å². The summed E-state index contributed by atoms with van der Waals surface area (Å²) in [6.07, 6.45) is 6.01. The van der Waals surface area contributed by atoms with Crippen molar-refractivity contribution in [3.05, 3.63) is 65.9 Å². The van der Waals surface area contributed by atoms with E-state index in [1.54, 1.807) is 0 Å². The number of ether oxygens (including phenoxy) is 2. The van der Waals surface area contributed by atoms with Crippen molar-refractivity contribution < 1.29 is 9.47 Å². The Morgan fingerprint density at radius 2 is 1.77 bits per heavy atom. The molecule has 2 aromatic carbocycles. The van der Waals surface area contributed by atoms with E-state index in [-0.39, 0.29) is 12.4 Å². The largest absolute Gasteiger partial charge is 0.454 e. The number of halogens is 1. The molecule has 1 aliphatic heterocycles. The Morgan fingerprint density at radius 3 is 2.73 bits per heavy atom. The lowest BCUT2D eigenvalue weighted by molar-refractivity contribution is 0.174. The summed E-state index contributed by atoms with van der Waals surface area (Å²) < 4.78 is 10.7. The van der Waals surface area contributed by atoms with Gasteiger partial charge in [0.25, 0.3) is 0 Å².